The van der Waals surface area contributed by atoms with Gasteiger partial charge in [-0.1, -0.05) is 44.9 Å². The van der Waals surface area contributed by atoms with Crippen LogP contribution in [0.2, 0.25) is 0 Å². The van der Waals surface area contributed by atoms with Gasteiger partial charge in [0.15, 0.2) is 0 Å². The Labute approximate surface area is 146 Å². The topological polar surface area (TPSA) is 74.6 Å². The molecule has 0 bridgehead atoms. The molecule has 4 nitrogen and oxygen atoms in total. The minimum atomic E-state index is -3.79. The summed E-state index contributed by atoms with van der Waals surface area (Å²) < 4.78 is 29.6. The molecule has 0 aliphatic carbocycles. The highest BCUT2D eigenvalue weighted by molar-refractivity contribution is 7.99. The first-order valence-corrected chi connectivity index (χ1v) is 11.4. The fourth-order valence-electron chi connectivity index (χ4n) is 2.05. The minimum Gasteiger partial charge on any atom is -0.380 e. The quantitative estimate of drug-likeness (QED) is 0.278. The van der Waals surface area contributed by atoms with Gasteiger partial charge in [-0.2, -0.15) is 20.2 Å². The van der Waals surface area contributed by atoms with Crippen molar-refractivity contribution < 1.29 is 18.1 Å². The van der Waals surface area contributed by atoms with Crippen molar-refractivity contribution in [2.75, 3.05) is 17.3 Å². The van der Waals surface area contributed by atoms with Gasteiger partial charge in [0.2, 0.25) is 0 Å². The van der Waals surface area contributed by atoms with E-state index in [1.807, 2.05) is 0 Å². The lowest BCUT2D eigenvalue weighted by atomic mass is 10.1. The molecule has 23 heavy (non-hydrogen) atoms. The molecule has 1 atom stereocenters. The highest BCUT2D eigenvalue weighted by atomic mass is 32.2. The number of unbranched alkanes of at least 4 members (excludes halogenated alkanes) is 6. The highest BCUT2D eigenvalue weighted by Gasteiger charge is 2.02. The summed E-state index contributed by atoms with van der Waals surface area (Å²) in [5.41, 5.74) is 0. The average molecular weight is 365 g/mol. The first-order valence-electron chi connectivity index (χ1n) is 8.65. The summed E-state index contributed by atoms with van der Waals surface area (Å²) in [4.78, 5) is 0. The van der Waals surface area contributed by atoms with Crippen molar-refractivity contribution in [3.63, 3.8) is 0 Å². The van der Waals surface area contributed by atoms with Gasteiger partial charge in [-0.3, -0.25) is 4.55 Å². The van der Waals surface area contributed by atoms with Crippen molar-refractivity contribution in [2.45, 2.75) is 77.2 Å². The van der Waals surface area contributed by atoms with Crippen molar-refractivity contribution in [1.82, 2.24) is 0 Å². The summed E-state index contributed by atoms with van der Waals surface area (Å²) >= 11 is 1.75. The molecule has 0 aliphatic heterocycles. The molecule has 0 saturated carbocycles. The fourth-order valence-corrected chi connectivity index (χ4v) is 3.71. The molecular weight excluding hydrogens is 332 g/mol. The highest BCUT2D eigenvalue weighted by Crippen LogP contribution is 2.11. The third kappa shape index (κ3) is 19.7. The molecule has 0 aromatic rings. The lowest BCUT2D eigenvalue weighted by Gasteiger charge is -2.02. The molecule has 0 heterocycles. The predicted molar refractivity (Wildman–Crippen MR) is 99.4 cm³/mol. The monoisotopic (exact) mass is 364 g/mol. The Balaban J connectivity index is 3.26. The number of rotatable bonds is 14. The minimum absolute atomic E-state index is 0.131. The van der Waals surface area contributed by atoms with E-state index in [9.17, 15) is 13.5 Å². The molecule has 0 spiro atoms. The van der Waals surface area contributed by atoms with Crippen molar-refractivity contribution in [3.05, 3.63) is 0 Å². The molecule has 2 N–H and O–H groups in total. The lowest BCUT2D eigenvalue weighted by Crippen LogP contribution is -2.04. The van der Waals surface area contributed by atoms with Crippen LogP contribution in [-0.2, 0) is 10.1 Å². The molecule has 0 aromatic heterocycles. The zero-order valence-corrected chi connectivity index (χ0v) is 15.9. The van der Waals surface area contributed by atoms with E-state index < -0.39 is 16.2 Å². The number of aliphatic hydroxyl groups excluding tert-OH is 1. The van der Waals surface area contributed by atoms with Gasteiger partial charge in [0.05, 0.1) is 5.75 Å². The molecule has 0 fully saturated rings. The van der Waals surface area contributed by atoms with Crippen LogP contribution < -0.4 is 0 Å². The van der Waals surface area contributed by atoms with Crippen LogP contribution in [0.25, 0.3) is 0 Å². The lowest BCUT2D eigenvalue weighted by molar-refractivity contribution is 0.218. The largest absolute Gasteiger partial charge is 0.380 e. The molecule has 1 unspecified atom stereocenters. The predicted octanol–water partition coefficient (Wildman–Crippen LogP) is 3.89. The van der Waals surface area contributed by atoms with Gasteiger partial charge in [-0.25, -0.2) is 0 Å². The Morgan fingerprint density at radius 2 is 1.65 bits per heavy atom. The van der Waals surface area contributed by atoms with Crippen molar-refractivity contribution in [2.24, 2.45) is 0 Å². The Morgan fingerprint density at radius 1 is 1.00 bits per heavy atom. The first-order chi connectivity index (χ1) is 11.0. The molecule has 136 valence electrons. The second-order valence-corrected chi connectivity index (χ2v) is 8.55. The molecule has 0 rings (SSSR count). The second-order valence-electron chi connectivity index (χ2n) is 5.75. The smallest absolute Gasteiger partial charge is 0.264 e. The summed E-state index contributed by atoms with van der Waals surface area (Å²) in [5, 5.41) is 9.56. The third-order valence-corrected chi connectivity index (χ3v) is 5.34. The van der Waals surface area contributed by atoms with E-state index in [0.717, 1.165) is 50.0 Å². The van der Waals surface area contributed by atoms with E-state index in [4.69, 9.17) is 4.55 Å². The van der Waals surface area contributed by atoms with Crippen molar-refractivity contribution in [1.29, 1.82) is 0 Å². The van der Waals surface area contributed by atoms with Crippen LogP contribution in [0.3, 0.4) is 0 Å². The summed E-state index contributed by atoms with van der Waals surface area (Å²) in [5.74, 6) is 7.67. The van der Waals surface area contributed by atoms with E-state index >= 15 is 0 Å². The van der Waals surface area contributed by atoms with Crippen LogP contribution in [0.4, 0.5) is 0 Å². The van der Waals surface area contributed by atoms with Gasteiger partial charge in [0, 0.05) is 6.42 Å². The van der Waals surface area contributed by atoms with Crippen LogP contribution >= 0.6 is 11.8 Å². The SMILES string of the molecule is CCCCC(O)C#CCCCCCCCSCCCS(=O)(=O)O. The van der Waals surface area contributed by atoms with E-state index in [-0.39, 0.29) is 5.75 Å². The Hall–Kier alpha value is -0.220. The van der Waals surface area contributed by atoms with Crippen LogP contribution in [-0.4, -0.2) is 41.4 Å². The maximum absolute atomic E-state index is 10.5. The van der Waals surface area contributed by atoms with Gasteiger partial charge in [-0.15, -0.1) is 5.92 Å². The molecule has 0 saturated heterocycles. The van der Waals surface area contributed by atoms with Crippen LogP contribution in [0, 0.1) is 11.8 Å². The summed E-state index contributed by atoms with van der Waals surface area (Å²) in [6, 6.07) is 0. The van der Waals surface area contributed by atoms with Gasteiger partial charge < -0.3 is 5.11 Å². The zero-order valence-electron chi connectivity index (χ0n) is 14.3. The maximum Gasteiger partial charge on any atom is 0.264 e. The molecule has 0 amide bonds. The van der Waals surface area contributed by atoms with Crippen molar-refractivity contribution in [3.8, 4) is 11.8 Å². The van der Waals surface area contributed by atoms with E-state index in [2.05, 4.69) is 18.8 Å². The van der Waals surface area contributed by atoms with Crippen molar-refractivity contribution >= 4 is 21.9 Å². The number of hydrogen-bond acceptors (Lipinski definition) is 4. The Bertz CT molecular complexity index is 424. The summed E-state index contributed by atoms with van der Waals surface area (Å²) in [6.45, 7) is 2.11. The Morgan fingerprint density at radius 3 is 2.35 bits per heavy atom. The van der Waals surface area contributed by atoms with Gasteiger partial charge >= 0.3 is 0 Å². The maximum atomic E-state index is 10.5. The van der Waals surface area contributed by atoms with Gasteiger partial charge in [0.25, 0.3) is 10.1 Å². The van der Waals surface area contributed by atoms with Gasteiger partial charge in [0.1, 0.15) is 6.10 Å². The summed E-state index contributed by atoms with van der Waals surface area (Å²) in [6.07, 6.45) is 9.66. The number of aliphatic hydroxyl groups is 1. The molecule has 0 aromatic carbocycles. The fraction of sp³-hybridized carbons (Fsp3) is 0.882. The normalized spacial score (nSPS) is 12.7. The summed E-state index contributed by atoms with van der Waals surface area (Å²) in [7, 11) is -3.79. The number of thioether (sulfide) groups is 1. The third-order valence-electron chi connectivity index (χ3n) is 3.38. The van der Waals surface area contributed by atoms with Crippen LogP contribution in [0.5, 0.6) is 0 Å². The molecule has 0 aliphatic rings. The zero-order chi connectivity index (χ0) is 17.4. The van der Waals surface area contributed by atoms with E-state index in [1.54, 1.807) is 11.8 Å². The second kappa shape index (κ2) is 15.3. The van der Waals surface area contributed by atoms with E-state index in [1.165, 1.54) is 19.3 Å². The first kappa shape index (κ1) is 22.8. The van der Waals surface area contributed by atoms with Crippen LogP contribution in [0.15, 0.2) is 0 Å². The van der Waals surface area contributed by atoms with E-state index in [0.29, 0.717) is 6.42 Å². The molecule has 0 radical (unpaired) electrons. The standard InChI is InChI=1S/C17H32O4S2/c1-2-3-12-17(18)13-9-7-5-4-6-8-10-14-22-15-11-16-23(19,20)21/h17-18H,2-8,10-12,14-16H2,1H3,(H,19,20,21). The molecule has 6 heteroatoms. The average Bonchev–Trinajstić information content (AvgIpc) is 2.48. The van der Waals surface area contributed by atoms with Gasteiger partial charge in [-0.05, 0) is 37.2 Å². The van der Waals surface area contributed by atoms with Crippen LogP contribution in [0.1, 0.15) is 71.1 Å². The number of hydrogen-bond donors (Lipinski definition) is 2. The Kier molecular flexibility index (Phi) is 15.2. The molecular formula is C17H32O4S2.